The molecular formula is C40H32N4Pt. The van der Waals surface area contributed by atoms with Gasteiger partial charge < -0.3 is 14.4 Å². The van der Waals surface area contributed by atoms with Gasteiger partial charge in [-0.2, -0.15) is 47.5 Å². The minimum Gasteiger partial charge on any atom is -0.345 e. The Morgan fingerprint density at radius 3 is 2.18 bits per heavy atom. The maximum Gasteiger partial charge on any atom is 2.00 e. The molecule has 0 saturated carbocycles. The average Bonchev–Trinajstić information content (AvgIpc) is 3.61. The first-order valence-electron chi connectivity index (χ1n) is 15.1. The van der Waals surface area contributed by atoms with Crippen molar-refractivity contribution in [3.05, 3.63) is 156 Å². The number of rotatable bonds is 5. The van der Waals surface area contributed by atoms with Crippen LogP contribution in [-0.2, 0) is 26.5 Å². The van der Waals surface area contributed by atoms with Crippen LogP contribution < -0.4 is 9.80 Å². The molecule has 0 atom stereocenters. The van der Waals surface area contributed by atoms with E-state index >= 15 is 0 Å². The van der Waals surface area contributed by atoms with E-state index in [-0.39, 0.29) is 26.5 Å². The molecule has 0 saturated heterocycles. The van der Waals surface area contributed by atoms with E-state index in [0.717, 1.165) is 40.3 Å². The number of aryl methyl sites for hydroxylation is 1. The fraction of sp³-hybridized carbons (Fsp3) is 0.125. The van der Waals surface area contributed by atoms with Crippen molar-refractivity contribution in [1.82, 2.24) is 9.55 Å². The van der Waals surface area contributed by atoms with Crippen molar-refractivity contribution in [2.24, 2.45) is 0 Å². The summed E-state index contributed by atoms with van der Waals surface area (Å²) < 4.78 is 2.25. The van der Waals surface area contributed by atoms with Gasteiger partial charge in [-0.05, 0) is 65.8 Å². The van der Waals surface area contributed by atoms with Crippen LogP contribution in [0.5, 0.6) is 0 Å². The zero-order valence-electron chi connectivity index (χ0n) is 25.4. The second-order valence-corrected chi connectivity index (χ2v) is 12.1. The molecule has 4 nitrogen and oxygen atoms in total. The molecule has 45 heavy (non-hydrogen) atoms. The molecule has 5 aromatic carbocycles. The Morgan fingerprint density at radius 1 is 0.667 bits per heavy atom. The van der Waals surface area contributed by atoms with E-state index in [1.807, 2.05) is 12.3 Å². The summed E-state index contributed by atoms with van der Waals surface area (Å²) in [6.07, 6.45) is 1.88. The average molecular weight is 764 g/mol. The predicted molar refractivity (Wildman–Crippen MR) is 182 cm³/mol. The van der Waals surface area contributed by atoms with Crippen LogP contribution in [0.25, 0.3) is 27.6 Å². The molecule has 3 heterocycles. The Hall–Kier alpha value is -4.66. The number of hydrogen-bond donors (Lipinski definition) is 0. The third-order valence-corrected chi connectivity index (χ3v) is 8.94. The molecule has 0 fully saturated rings. The van der Waals surface area contributed by atoms with Gasteiger partial charge in [0.15, 0.2) is 0 Å². The van der Waals surface area contributed by atoms with Gasteiger partial charge in [-0.3, -0.25) is 0 Å². The molecule has 1 aliphatic rings. The molecule has 0 unspecified atom stereocenters. The van der Waals surface area contributed by atoms with E-state index in [1.165, 1.54) is 33.4 Å². The molecule has 0 amide bonds. The van der Waals surface area contributed by atoms with Crippen LogP contribution in [-0.4, -0.2) is 16.2 Å². The Bertz CT molecular complexity index is 2170. The van der Waals surface area contributed by atoms with Gasteiger partial charge in [0.1, 0.15) is 5.82 Å². The predicted octanol–water partition coefficient (Wildman–Crippen LogP) is 9.66. The Balaban J connectivity index is 0.00000325. The number of para-hydroxylation sites is 4. The van der Waals surface area contributed by atoms with Crippen LogP contribution in [0.3, 0.4) is 0 Å². The monoisotopic (exact) mass is 763 g/mol. The molecule has 7 aromatic rings. The molecule has 0 bridgehead atoms. The van der Waals surface area contributed by atoms with Crippen molar-refractivity contribution in [3.63, 3.8) is 0 Å². The third-order valence-electron chi connectivity index (χ3n) is 8.94. The number of aromatic nitrogens is 2. The maximum absolute atomic E-state index is 4.76. The topological polar surface area (TPSA) is 24.3 Å². The first-order chi connectivity index (χ1) is 21.5. The molecule has 0 N–H and O–H groups in total. The molecular weight excluding hydrogens is 732 g/mol. The summed E-state index contributed by atoms with van der Waals surface area (Å²) in [5.74, 6) is 0.909. The van der Waals surface area contributed by atoms with Crippen molar-refractivity contribution in [2.45, 2.75) is 26.2 Å². The van der Waals surface area contributed by atoms with Crippen LogP contribution in [0.2, 0.25) is 0 Å². The van der Waals surface area contributed by atoms with Crippen molar-refractivity contribution < 1.29 is 21.1 Å². The van der Waals surface area contributed by atoms with Crippen molar-refractivity contribution in [3.8, 4) is 5.82 Å². The van der Waals surface area contributed by atoms with Crippen LogP contribution in [0.4, 0.5) is 22.7 Å². The second kappa shape index (κ2) is 11.4. The standard InChI is InChI=1S/C40H32N4.Pt/c1-28-22-23-41-39(24-28)44-35-17-8-7-16-33(35)34-21-20-30(26-38(34)44)40(2,3)29-12-11-15-32(25-29)43-27-42(31-13-5-4-6-14-31)36-18-9-10-19-37(36)43;/h4-24H,27H2,1-3H3;/q-2;+2. The fourth-order valence-electron chi connectivity index (χ4n) is 6.51. The number of hydrogen-bond acceptors (Lipinski definition) is 3. The first kappa shape index (κ1) is 29.1. The zero-order valence-corrected chi connectivity index (χ0v) is 27.7. The molecule has 5 heteroatoms. The fourth-order valence-corrected chi connectivity index (χ4v) is 6.51. The van der Waals surface area contributed by atoms with Gasteiger partial charge in [0, 0.05) is 17.4 Å². The van der Waals surface area contributed by atoms with Gasteiger partial charge in [0.25, 0.3) is 0 Å². The summed E-state index contributed by atoms with van der Waals surface area (Å²) in [6.45, 7) is 7.38. The normalized spacial score (nSPS) is 12.9. The van der Waals surface area contributed by atoms with E-state index in [9.17, 15) is 0 Å². The Labute approximate surface area is 278 Å². The molecule has 2 aromatic heterocycles. The molecule has 1 aliphatic heterocycles. The van der Waals surface area contributed by atoms with E-state index in [4.69, 9.17) is 4.98 Å². The largest absolute Gasteiger partial charge is 2.00 e. The van der Waals surface area contributed by atoms with Crippen LogP contribution >= 0.6 is 0 Å². The maximum atomic E-state index is 4.76. The van der Waals surface area contributed by atoms with Gasteiger partial charge in [0.2, 0.25) is 0 Å². The van der Waals surface area contributed by atoms with E-state index < -0.39 is 0 Å². The molecule has 0 radical (unpaired) electrons. The Kier molecular flexibility index (Phi) is 7.34. The van der Waals surface area contributed by atoms with E-state index in [0.29, 0.717) is 0 Å². The van der Waals surface area contributed by atoms with Crippen molar-refractivity contribution in [2.75, 3.05) is 16.5 Å². The summed E-state index contributed by atoms with van der Waals surface area (Å²) in [6, 6.07) is 50.6. The number of nitrogens with zero attached hydrogens (tertiary/aromatic N) is 4. The summed E-state index contributed by atoms with van der Waals surface area (Å²) in [7, 11) is 0. The quantitative estimate of drug-likeness (QED) is 0.163. The number of fused-ring (bicyclic) bond motifs is 4. The summed E-state index contributed by atoms with van der Waals surface area (Å²) in [5, 5.41) is 2.38. The van der Waals surface area contributed by atoms with Crippen LogP contribution in [0.15, 0.2) is 128 Å². The summed E-state index contributed by atoms with van der Waals surface area (Å²) >= 11 is 0. The molecule has 0 spiro atoms. The molecule has 222 valence electrons. The van der Waals surface area contributed by atoms with Crippen LogP contribution in [0.1, 0.15) is 30.5 Å². The number of pyridine rings is 1. The number of benzene rings is 5. The third kappa shape index (κ3) is 4.85. The number of anilines is 4. The van der Waals surface area contributed by atoms with Crippen molar-refractivity contribution >= 4 is 44.6 Å². The summed E-state index contributed by atoms with van der Waals surface area (Å²) in [5.41, 5.74) is 9.87. The van der Waals surface area contributed by atoms with E-state index in [1.54, 1.807) is 0 Å². The zero-order chi connectivity index (χ0) is 29.8. The van der Waals surface area contributed by atoms with Gasteiger partial charge in [0.05, 0.1) is 18.0 Å². The van der Waals surface area contributed by atoms with Gasteiger partial charge in [-0.1, -0.05) is 73.6 Å². The van der Waals surface area contributed by atoms with E-state index in [2.05, 4.69) is 163 Å². The van der Waals surface area contributed by atoms with Gasteiger partial charge in [-0.15, -0.1) is 11.5 Å². The SMILES string of the molecule is Cc1ccnc(-n2c3[c-]c(C(C)(C)c4[c-]c(N5CN(c6ccccc6)c6ccccc65)ccc4)ccc3c3ccccc32)c1.[Pt+2]. The second-order valence-electron chi connectivity index (χ2n) is 12.1. The van der Waals surface area contributed by atoms with Gasteiger partial charge in [-0.25, -0.2) is 4.98 Å². The molecule has 0 aliphatic carbocycles. The van der Waals surface area contributed by atoms with Crippen molar-refractivity contribution in [1.29, 1.82) is 0 Å². The minimum atomic E-state index is -0.343. The first-order valence-corrected chi connectivity index (χ1v) is 15.1. The minimum absolute atomic E-state index is 0. The van der Waals surface area contributed by atoms with Crippen LogP contribution in [0, 0.1) is 19.1 Å². The summed E-state index contributed by atoms with van der Waals surface area (Å²) in [4.78, 5) is 9.48. The van der Waals surface area contributed by atoms with Gasteiger partial charge >= 0.3 is 21.1 Å². The Morgan fingerprint density at radius 2 is 1.38 bits per heavy atom. The smallest absolute Gasteiger partial charge is 0.345 e. The molecule has 8 rings (SSSR count).